The first-order valence-corrected chi connectivity index (χ1v) is 7.26. The maximum Gasteiger partial charge on any atom is 0.159 e. The molecule has 0 unspecified atom stereocenters. The molecule has 0 aromatic heterocycles. The van der Waals surface area contributed by atoms with Gasteiger partial charge in [0.25, 0.3) is 0 Å². The zero-order valence-electron chi connectivity index (χ0n) is 11.8. The van der Waals surface area contributed by atoms with E-state index < -0.39 is 11.6 Å². The summed E-state index contributed by atoms with van der Waals surface area (Å²) in [7, 11) is 0. The summed E-state index contributed by atoms with van der Waals surface area (Å²) in [6, 6.07) is 4.96. The first-order valence-electron chi connectivity index (χ1n) is 7.26. The summed E-state index contributed by atoms with van der Waals surface area (Å²) in [5.74, 6) is -1.51. The van der Waals surface area contributed by atoms with Gasteiger partial charge in [0.2, 0.25) is 0 Å². The van der Waals surface area contributed by atoms with Crippen LogP contribution in [-0.2, 0) is 6.42 Å². The maximum atomic E-state index is 13.3. The van der Waals surface area contributed by atoms with Crippen LogP contribution in [-0.4, -0.2) is 12.6 Å². The summed E-state index contributed by atoms with van der Waals surface area (Å²) in [5, 5.41) is 3.58. The van der Waals surface area contributed by atoms with E-state index >= 15 is 0 Å². The normalized spacial score (nSPS) is 15.8. The SMILES string of the molecule is CCC(CC)(CNC1CC1)Cc1ccc(F)c(F)c1. The lowest BCUT2D eigenvalue weighted by Crippen LogP contribution is -2.36. The van der Waals surface area contributed by atoms with Crippen molar-refractivity contribution < 1.29 is 8.78 Å². The quantitative estimate of drug-likeness (QED) is 0.785. The average molecular weight is 267 g/mol. The first kappa shape index (κ1) is 14.4. The van der Waals surface area contributed by atoms with Gasteiger partial charge in [-0.1, -0.05) is 19.9 Å². The van der Waals surface area contributed by atoms with Crippen LogP contribution in [0.15, 0.2) is 18.2 Å². The highest BCUT2D eigenvalue weighted by atomic mass is 19.2. The predicted octanol–water partition coefficient (Wildman–Crippen LogP) is 4.07. The zero-order valence-corrected chi connectivity index (χ0v) is 11.8. The van der Waals surface area contributed by atoms with E-state index in [1.54, 1.807) is 6.07 Å². The summed E-state index contributed by atoms with van der Waals surface area (Å²) < 4.78 is 26.3. The Labute approximate surface area is 114 Å². The molecule has 19 heavy (non-hydrogen) atoms. The van der Waals surface area contributed by atoms with Gasteiger partial charge in [-0.3, -0.25) is 0 Å². The molecule has 0 aliphatic heterocycles. The molecule has 1 saturated carbocycles. The lowest BCUT2D eigenvalue weighted by Gasteiger charge is -2.32. The third-order valence-corrected chi connectivity index (χ3v) is 4.41. The second-order valence-electron chi connectivity index (χ2n) is 5.79. The summed E-state index contributed by atoms with van der Waals surface area (Å²) >= 11 is 0. The monoisotopic (exact) mass is 267 g/mol. The molecule has 0 heterocycles. The topological polar surface area (TPSA) is 12.0 Å². The Morgan fingerprint density at radius 2 is 1.84 bits per heavy atom. The molecule has 0 bridgehead atoms. The Hall–Kier alpha value is -0.960. The molecule has 1 aliphatic carbocycles. The molecular formula is C16H23F2N. The lowest BCUT2D eigenvalue weighted by atomic mass is 9.77. The van der Waals surface area contributed by atoms with Gasteiger partial charge in [-0.05, 0) is 55.2 Å². The van der Waals surface area contributed by atoms with E-state index in [1.807, 2.05) is 0 Å². The van der Waals surface area contributed by atoms with Crippen LogP contribution in [0.2, 0.25) is 0 Å². The van der Waals surface area contributed by atoms with Crippen LogP contribution < -0.4 is 5.32 Å². The molecule has 0 spiro atoms. The van der Waals surface area contributed by atoms with Crippen LogP contribution in [0, 0.1) is 17.0 Å². The molecule has 0 atom stereocenters. The highest BCUT2D eigenvalue weighted by Crippen LogP contribution is 2.32. The Kier molecular flexibility index (Phi) is 4.56. The minimum Gasteiger partial charge on any atom is -0.313 e. The van der Waals surface area contributed by atoms with Crippen LogP contribution in [0.3, 0.4) is 0 Å². The molecule has 0 radical (unpaired) electrons. The van der Waals surface area contributed by atoms with Crippen LogP contribution in [0.25, 0.3) is 0 Å². The van der Waals surface area contributed by atoms with Crippen molar-refractivity contribution in [3.05, 3.63) is 35.4 Å². The molecule has 1 nitrogen and oxygen atoms in total. The third kappa shape index (κ3) is 3.75. The van der Waals surface area contributed by atoms with Crippen LogP contribution in [0.4, 0.5) is 8.78 Å². The predicted molar refractivity (Wildman–Crippen MR) is 74.1 cm³/mol. The molecule has 0 amide bonds. The molecule has 1 aromatic rings. The van der Waals surface area contributed by atoms with Gasteiger partial charge < -0.3 is 5.32 Å². The van der Waals surface area contributed by atoms with E-state index in [0.717, 1.165) is 31.4 Å². The molecular weight excluding hydrogens is 244 g/mol. The van der Waals surface area contributed by atoms with E-state index in [9.17, 15) is 8.78 Å². The van der Waals surface area contributed by atoms with E-state index in [1.165, 1.54) is 25.0 Å². The molecule has 3 heteroatoms. The summed E-state index contributed by atoms with van der Waals surface area (Å²) in [5.41, 5.74) is 1.03. The van der Waals surface area contributed by atoms with Crippen molar-refractivity contribution in [1.82, 2.24) is 5.32 Å². The van der Waals surface area contributed by atoms with Crippen LogP contribution in [0.1, 0.15) is 45.1 Å². The standard InChI is InChI=1S/C16H23F2N/c1-3-16(4-2,11-19-13-6-7-13)10-12-5-8-14(17)15(18)9-12/h5,8-9,13,19H,3-4,6-7,10-11H2,1-2H3. The summed E-state index contributed by atoms with van der Waals surface area (Å²) in [4.78, 5) is 0. The average Bonchev–Trinajstić information content (AvgIpc) is 3.23. The van der Waals surface area contributed by atoms with Crippen LogP contribution in [0.5, 0.6) is 0 Å². The molecule has 1 N–H and O–H groups in total. The van der Waals surface area contributed by atoms with Crippen molar-refractivity contribution in [2.75, 3.05) is 6.54 Å². The fraction of sp³-hybridized carbons (Fsp3) is 0.625. The molecule has 1 aromatic carbocycles. The van der Waals surface area contributed by atoms with E-state index in [0.29, 0.717) is 6.04 Å². The van der Waals surface area contributed by atoms with Gasteiger partial charge in [-0.15, -0.1) is 0 Å². The van der Waals surface area contributed by atoms with Crippen molar-refractivity contribution in [2.45, 2.75) is 52.0 Å². The minimum absolute atomic E-state index is 0.146. The zero-order chi connectivity index (χ0) is 13.9. The van der Waals surface area contributed by atoms with Crippen molar-refractivity contribution >= 4 is 0 Å². The first-order chi connectivity index (χ1) is 9.08. The molecule has 1 fully saturated rings. The van der Waals surface area contributed by atoms with Gasteiger partial charge in [0.05, 0.1) is 0 Å². The van der Waals surface area contributed by atoms with Gasteiger partial charge in [0, 0.05) is 12.6 Å². The number of benzene rings is 1. The summed E-state index contributed by atoms with van der Waals surface area (Å²) in [6.45, 7) is 5.32. The number of rotatable bonds is 7. The minimum atomic E-state index is -0.765. The van der Waals surface area contributed by atoms with Crippen molar-refractivity contribution in [1.29, 1.82) is 0 Å². The van der Waals surface area contributed by atoms with E-state index in [2.05, 4.69) is 19.2 Å². The smallest absolute Gasteiger partial charge is 0.159 e. The molecule has 1 aliphatic rings. The Bertz CT molecular complexity index is 423. The molecule has 106 valence electrons. The number of hydrogen-bond acceptors (Lipinski definition) is 1. The number of nitrogens with one attached hydrogen (secondary N) is 1. The van der Waals surface area contributed by atoms with Gasteiger partial charge in [0.15, 0.2) is 11.6 Å². The van der Waals surface area contributed by atoms with Gasteiger partial charge in [-0.2, -0.15) is 0 Å². The largest absolute Gasteiger partial charge is 0.313 e. The fourth-order valence-corrected chi connectivity index (χ4v) is 2.54. The lowest BCUT2D eigenvalue weighted by molar-refractivity contribution is 0.245. The third-order valence-electron chi connectivity index (χ3n) is 4.41. The molecule has 0 saturated heterocycles. The fourth-order valence-electron chi connectivity index (χ4n) is 2.54. The van der Waals surface area contributed by atoms with Crippen molar-refractivity contribution in [3.63, 3.8) is 0 Å². The van der Waals surface area contributed by atoms with Gasteiger partial charge in [-0.25, -0.2) is 8.78 Å². The van der Waals surface area contributed by atoms with Gasteiger partial charge >= 0.3 is 0 Å². The maximum absolute atomic E-state index is 13.3. The Morgan fingerprint density at radius 3 is 2.37 bits per heavy atom. The van der Waals surface area contributed by atoms with Crippen molar-refractivity contribution in [3.8, 4) is 0 Å². The van der Waals surface area contributed by atoms with Crippen molar-refractivity contribution in [2.24, 2.45) is 5.41 Å². The number of halogens is 2. The highest BCUT2D eigenvalue weighted by Gasteiger charge is 2.30. The van der Waals surface area contributed by atoms with E-state index in [4.69, 9.17) is 0 Å². The molecule has 2 rings (SSSR count). The second-order valence-corrected chi connectivity index (χ2v) is 5.79. The highest BCUT2D eigenvalue weighted by molar-refractivity contribution is 5.19. The Balaban J connectivity index is 2.06. The van der Waals surface area contributed by atoms with Gasteiger partial charge in [0.1, 0.15) is 0 Å². The van der Waals surface area contributed by atoms with E-state index in [-0.39, 0.29) is 5.41 Å². The second kappa shape index (κ2) is 6.00. The summed E-state index contributed by atoms with van der Waals surface area (Å²) in [6.07, 6.45) is 5.44. The number of hydrogen-bond donors (Lipinski definition) is 1. The van der Waals surface area contributed by atoms with Crippen LogP contribution >= 0.6 is 0 Å². The Morgan fingerprint density at radius 1 is 1.16 bits per heavy atom.